The van der Waals surface area contributed by atoms with Crippen molar-refractivity contribution in [1.29, 1.82) is 5.26 Å². The maximum absolute atomic E-state index is 14.0. The Balaban J connectivity index is 1.70. The molecule has 2 aliphatic heterocycles. The molecule has 10 heteroatoms. The monoisotopic (exact) mass is 509 g/mol. The van der Waals surface area contributed by atoms with Gasteiger partial charge in [-0.25, -0.2) is 9.18 Å². The number of anilines is 1. The Labute approximate surface area is 210 Å². The van der Waals surface area contributed by atoms with Gasteiger partial charge in [0.15, 0.2) is 0 Å². The van der Waals surface area contributed by atoms with E-state index < -0.39 is 5.82 Å². The number of carbonyl (C=O) groups is 1. The fourth-order valence-electron chi connectivity index (χ4n) is 4.80. The van der Waals surface area contributed by atoms with Gasteiger partial charge in [0.2, 0.25) is 5.91 Å². The van der Waals surface area contributed by atoms with Gasteiger partial charge >= 0.3 is 5.69 Å². The second-order valence-corrected chi connectivity index (χ2v) is 10.0. The Hall–Kier alpha value is -3.35. The summed E-state index contributed by atoms with van der Waals surface area (Å²) in [5, 5.41) is 10.5. The summed E-state index contributed by atoms with van der Waals surface area (Å²) in [7, 11) is 0. The van der Waals surface area contributed by atoms with E-state index in [0.29, 0.717) is 53.9 Å². The zero-order valence-corrected chi connectivity index (χ0v) is 20.5. The number of halogens is 2. The van der Waals surface area contributed by atoms with Crippen molar-refractivity contribution < 1.29 is 9.18 Å². The van der Waals surface area contributed by atoms with Crippen molar-refractivity contribution in [2.75, 3.05) is 30.3 Å². The van der Waals surface area contributed by atoms with Crippen molar-refractivity contribution >= 4 is 46.0 Å². The number of amides is 1. The largest absolute Gasteiger partial charge is 0.350 e. The lowest BCUT2D eigenvalue weighted by atomic mass is 10.0. The number of benzene rings is 2. The summed E-state index contributed by atoms with van der Waals surface area (Å²) in [5.74, 6) is 0.470. The first-order chi connectivity index (χ1) is 16.8. The number of hydrogen-bond donors (Lipinski definition) is 0. The fourth-order valence-corrected chi connectivity index (χ4v) is 6.38. The highest BCUT2D eigenvalue weighted by atomic mass is 35.5. The molecule has 1 aromatic heterocycles. The minimum Gasteiger partial charge on any atom is -0.350 e. The van der Waals surface area contributed by atoms with E-state index in [1.54, 1.807) is 33.4 Å². The van der Waals surface area contributed by atoms with Gasteiger partial charge in [-0.05, 0) is 36.8 Å². The second-order valence-electron chi connectivity index (χ2n) is 8.51. The smallest absolute Gasteiger partial charge is 0.350 e. The van der Waals surface area contributed by atoms with Crippen LogP contribution in [-0.2, 0) is 11.3 Å². The van der Waals surface area contributed by atoms with Gasteiger partial charge in [0, 0.05) is 53.8 Å². The molecule has 2 aliphatic rings. The third kappa shape index (κ3) is 3.87. The zero-order chi connectivity index (χ0) is 24.9. The van der Waals surface area contributed by atoms with Crippen molar-refractivity contribution in [3.8, 4) is 17.2 Å². The van der Waals surface area contributed by atoms with Gasteiger partial charge in [-0.2, -0.15) is 10.2 Å². The molecule has 1 atom stereocenters. The normalized spacial score (nSPS) is 17.4. The topological polar surface area (TPSA) is 82.2 Å². The molecule has 0 saturated carbocycles. The standard InChI is InChI=1S/C25H21ClFN5O2S/c1-3-20(33)30-6-7-31(14(2)13-30)24-17-11-18(26)21(15-4-5-19(27)16(10-15)12-28)23-22(17)32(8-9-35-23)25(34)29-24/h3-5,10-11,14H,1,6-9,13H2,2H3/t14-/m0/s1. The average Bonchev–Trinajstić information content (AvgIpc) is 2.86. The first-order valence-electron chi connectivity index (χ1n) is 11.1. The van der Waals surface area contributed by atoms with E-state index in [1.165, 1.54) is 18.2 Å². The summed E-state index contributed by atoms with van der Waals surface area (Å²) in [5.41, 5.74) is 1.59. The first-order valence-corrected chi connectivity index (χ1v) is 12.5. The Bertz CT molecular complexity index is 1500. The third-order valence-electron chi connectivity index (χ3n) is 6.47. The number of aromatic nitrogens is 2. The van der Waals surface area contributed by atoms with Crippen LogP contribution in [-0.4, -0.2) is 51.8 Å². The minimum absolute atomic E-state index is 0.0692. The van der Waals surface area contributed by atoms with Gasteiger partial charge in [-0.15, -0.1) is 11.8 Å². The summed E-state index contributed by atoms with van der Waals surface area (Å²) in [4.78, 5) is 34.3. The van der Waals surface area contributed by atoms with Crippen molar-refractivity contribution in [2.45, 2.75) is 24.4 Å². The average molecular weight is 510 g/mol. The minimum atomic E-state index is -0.596. The van der Waals surface area contributed by atoms with E-state index in [4.69, 9.17) is 11.6 Å². The van der Waals surface area contributed by atoms with Crippen LogP contribution >= 0.6 is 23.4 Å². The number of thioether (sulfide) groups is 1. The summed E-state index contributed by atoms with van der Waals surface area (Å²) in [6, 6.07) is 7.93. The lowest BCUT2D eigenvalue weighted by molar-refractivity contribution is -0.126. The van der Waals surface area contributed by atoms with E-state index in [0.717, 1.165) is 15.8 Å². The molecular formula is C25H21ClFN5O2S. The summed E-state index contributed by atoms with van der Waals surface area (Å²) < 4.78 is 15.6. The summed E-state index contributed by atoms with van der Waals surface area (Å²) >= 11 is 8.39. The van der Waals surface area contributed by atoms with Gasteiger partial charge < -0.3 is 9.80 Å². The first kappa shape index (κ1) is 23.4. The van der Waals surface area contributed by atoms with Crippen LogP contribution in [0, 0.1) is 17.1 Å². The number of hydrogen-bond acceptors (Lipinski definition) is 6. The second kappa shape index (κ2) is 9.02. The van der Waals surface area contributed by atoms with Crippen LogP contribution in [0.4, 0.5) is 10.2 Å². The van der Waals surface area contributed by atoms with E-state index in [-0.39, 0.29) is 23.2 Å². The van der Waals surface area contributed by atoms with Crippen LogP contribution in [0.15, 0.2) is 46.6 Å². The molecule has 7 nitrogen and oxygen atoms in total. The molecule has 1 amide bonds. The molecule has 2 aromatic carbocycles. The zero-order valence-electron chi connectivity index (χ0n) is 18.9. The van der Waals surface area contributed by atoms with Crippen LogP contribution in [0.5, 0.6) is 0 Å². The lowest BCUT2D eigenvalue weighted by Crippen LogP contribution is -2.54. The van der Waals surface area contributed by atoms with Crippen molar-refractivity contribution in [1.82, 2.24) is 14.5 Å². The van der Waals surface area contributed by atoms with Crippen LogP contribution in [0.2, 0.25) is 5.02 Å². The molecule has 0 unspecified atom stereocenters. The van der Waals surface area contributed by atoms with Crippen LogP contribution in [0.3, 0.4) is 0 Å². The summed E-state index contributed by atoms with van der Waals surface area (Å²) in [6.07, 6.45) is 1.31. The molecule has 3 heterocycles. The molecule has 3 aromatic rings. The molecule has 35 heavy (non-hydrogen) atoms. The molecule has 5 rings (SSSR count). The van der Waals surface area contributed by atoms with Crippen molar-refractivity contribution in [3.05, 3.63) is 63.8 Å². The van der Waals surface area contributed by atoms with Gasteiger partial charge in [-0.1, -0.05) is 24.2 Å². The molecule has 1 saturated heterocycles. The van der Waals surface area contributed by atoms with Crippen LogP contribution in [0.25, 0.3) is 22.0 Å². The van der Waals surface area contributed by atoms with Crippen LogP contribution in [0.1, 0.15) is 12.5 Å². The number of piperazine rings is 1. The SMILES string of the molecule is C=CC(=O)N1CCN(c2nc(=O)n3c4c(c(-c5ccc(F)c(C#N)c5)c(Cl)cc24)SCC3)[C@@H](C)C1. The molecule has 0 radical (unpaired) electrons. The number of nitrogens with zero attached hydrogens (tertiary/aromatic N) is 5. The quantitative estimate of drug-likeness (QED) is 0.495. The van der Waals surface area contributed by atoms with Crippen molar-refractivity contribution in [3.63, 3.8) is 0 Å². The Morgan fingerprint density at radius 3 is 2.86 bits per heavy atom. The number of carbonyl (C=O) groups excluding carboxylic acids is 1. The van der Waals surface area contributed by atoms with E-state index >= 15 is 0 Å². The lowest BCUT2D eigenvalue weighted by Gasteiger charge is -2.40. The Morgan fingerprint density at radius 1 is 1.34 bits per heavy atom. The molecule has 0 spiro atoms. The van der Waals surface area contributed by atoms with E-state index in [9.17, 15) is 19.2 Å². The third-order valence-corrected chi connectivity index (χ3v) is 7.84. The molecule has 178 valence electrons. The number of nitriles is 1. The predicted octanol–water partition coefficient (Wildman–Crippen LogP) is 4.06. The molecular weight excluding hydrogens is 489 g/mol. The molecule has 0 N–H and O–H groups in total. The highest BCUT2D eigenvalue weighted by Gasteiger charge is 2.31. The maximum atomic E-state index is 14.0. The number of aryl methyl sites for hydroxylation is 1. The molecule has 1 fully saturated rings. The fraction of sp³-hybridized carbons (Fsp3) is 0.280. The van der Waals surface area contributed by atoms with Crippen molar-refractivity contribution in [2.24, 2.45) is 0 Å². The van der Waals surface area contributed by atoms with Gasteiger partial charge in [-0.3, -0.25) is 9.36 Å². The predicted molar refractivity (Wildman–Crippen MR) is 135 cm³/mol. The van der Waals surface area contributed by atoms with E-state index in [1.807, 2.05) is 17.9 Å². The molecule has 0 aliphatic carbocycles. The molecule has 0 bridgehead atoms. The number of rotatable bonds is 3. The maximum Gasteiger partial charge on any atom is 0.350 e. The Kier molecular flexibility index (Phi) is 6.03. The Morgan fingerprint density at radius 2 is 2.14 bits per heavy atom. The van der Waals surface area contributed by atoms with Gasteiger partial charge in [0.1, 0.15) is 17.7 Å². The van der Waals surface area contributed by atoms with Crippen LogP contribution < -0.4 is 10.6 Å². The highest BCUT2D eigenvalue weighted by Crippen LogP contribution is 2.46. The van der Waals surface area contributed by atoms with Gasteiger partial charge in [0.05, 0.1) is 16.1 Å². The van der Waals surface area contributed by atoms with E-state index in [2.05, 4.69) is 11.6 Å². The van der Waals surface area contributed by atoms with Gasteiger partial charge in [0.25, 0.3) is 0 Å². The summed E-state index contributed by atoms with van der Waals surface area (Å²) in [6.45, 7) is 7.54. The highest BCUT2D eigenvalue weighted by molar-refractivity contribution is 7.99.